The minimum absolute atomic E-state index is 0.610. The quantitative estimate of drug-likeness (QED) is 0.258. The van der Waals surface area contributed by atoms with Crippen LogP contribution in [0.3, 0.4) is 0 Å². The van der Waals surface area contributed by atoms with Crippen LogP contribution < -0.4 is 5.73 Å². The Morgan fingerprint density at radius 1 is 0.297 bits per heavy atom. The first kappa shape index (κ1) is 22.4. The average Bonchev–Trinajstić information content (AvgIpc) is 2.98. The number of rotatable bonds is 5. The Hall–Kier alpha value is -5.09. The maximum atomic E-state index is 5.92. The van der Waals surface area contributed by atoms with Gasteiger partial charge in [0.15, 0.2) is 17.5 Å². The van der Waals surface area contributed by atoms with Crippen molar-refractivity contribution in [2.24, 2.45) is 0 Å². The van der Waals surface area contributed by atoms with E-state index in [0.29, 0.717) is 23.2 Å². The molecule has 0 unspecified atom stereocenters. The molecule has 0 fully saturated rings. The Labute approximate surface area is 216 Å². The van der Waals surface area contributed by atoms with Crippen LogP contribution in [0.4, 0.5) is 5.69 Å². The second-order valence-electron chi connectivity index (χ2n) is 8.81. The van der Waals surface area contributed by atoms with Gasteiger partial charge in [0.1, 0.15) is 0 Å². The maximum absolute atomic E-state index is 5.92. The van der Waals surface area contributed by atoms with Crippen LogP contribution in [-0.2, 0) is 0 Å². The van der Waals surface area contributed by atoms with Gasteiger partial charge in [0, 0.05) is 22.4 Å². The molecule has 2 N–H and O–H groups in total. The fourth-order valence-electron chi connectivity index (χ4n) is 4.28. The number of hydrogen-bond acceptors (Lipinski definition) is 4. The predicted molar refractivity (Wildman–Crippen MR) is 151 cm³/mol. The summed E-state index contributed by atoms with van der Waals surface area (Å²) in [4.78, 5) is 14.5. The number of nitrogens with zero attached hydrogens (tertiary/aromatic N) is 3. The van der Waals surface area contributed by atoms with Crippen molar-refractivity contribution in [3.63, 3.8) is 0 Å². The van der Waals surface area contributed by atoms with Gasteiger partial charge in [-0.2, -0.15) is 0 Å². The average molecular weight is 477 g/mol. The molecule has 5 aromatic carbocycles. The molecule has 176 valence electrons. The first-order valence-corrected chi connectivity index (χ1v) is 12.2. The van der Waals surface area contributed by atoms with Crippen molar-refractivity contribution >= 4 is 5.69 Å². The monoisotopic (exact) mass is 476 g/mol. The second-order valence-corrected chi connectivity index (χ2v) is 8.81. The van der Waals surface area contributed by atoms with Gasteiger partial charge in [0.05, 0.1) is 0 Å². The highest BCUT2D eigenvalue weighted by atomic mass is 15.0. The largest absolute Gasteiger partial charge is 0.399 e. The van der Waals surface area contributed by atoms with Crippen LogP contribution in [0.15, 0.2) is 133 Å². The molecule has 0 saturated carbocycles. The van der Waals surface area contributed by atoms with Crippen molar-refractivity contribution < 1.29 is 0 Å². The summed E-state index contributed by atoms with van der Waals surface area (Å²) < 4.78 is 0. The van der Waals surface area contributed by atoms with Crippen molar-refractivity contribution in [3.05, 3.63) is 133 Å². The summed E-state index contributed by atoms with van der Waals surface area (Å²) >= 11 is 0. The van der Waals surface area contributed by atoms with E-state index in [0.717, 1.165) is 27.8 Å². The molecule has 6 rings (SSSR count). The maximum Gasteiger partial charge on any atom is 0.164 e. The molecular weight excluding hydrogens is 452 g/mol. The third-order valence-corrected chi connectivity index (χ3v) is 6.30. The molecule has 0 radical (unpaired) electrons. The molecule has 6 aromatic rings. The topological polar surface area (TPSA) is 64.7 Å². The third kappa shape index (κ3) is 4.86. The van der Waals surface area contributed by atoms with Gasteiger partial charge in [-0.15, -0.1) is 0 Å². The zero-order valence-electron chi connectivity index (χ0n) is 20.1. The van der Waals surface area contributed by atoms with Crippen molar-refractivity contribution in [1.29, 1.82) is 0 Å². The van der Waals surface area contributed by atoms with Crippen LogP contribution in [0.1, 0.15) is 0 Å². The van der Waals surface area contributed by atoms with Crippen LogP contribution >= 0.6 is 0 Å². The van der Waals surface area contributed by atoms with Crippen molar-refractivity contribution in [2.75, 3.05) is 5.73 Å². The normalized spacial score (nSPS) is 10.8. The number of aromatic nitrogens is 3. The van der Waals surface area contributed by atoms with Gasteiger partial charge in [-0.3, -0.25) is 0 Å². The molecular formula is C33H24N4. The Balaban J connectivity index is 1.42. The molecule has 1 aromatic heterocycles. The van der Waals surface area contributed by atoms with E-state index in [9.17, 15) is 0 Å². The van der Waals surface area contributed by atoms with E-state index in [1.54, 1.807) is 0 Å². The lowest BCUT2D eigenvalue weighted by molar-refractivity contribution is 1.07. The van der Waals surface area contributed by atoms with Crippen LogP contribution in [0.5, 0.6) is 0 Å². The molecule has 0 atom stereocenters. The van der Waals surface area contributed by atoms with E-state index in [1.165, 1.54) is 11.1 Å². The Bertz CT molecular complexity index is 1530. The SMILES string of the molecule is Nc1ccc(-c2nc(-c3ccc(-c4ccccc4)cc3)nc(-c3ccc(-c4ccccc4)cc3)n2)cc1. The molecule has 4 heteroatoms. The molecule has 0 aliphatic rings. The molecule has 37 heavy (non-hydrogen) atoms. The fraction of sp³-hybridized carbons (Fsp3) is 0. The minimum Gasteiger partial charge on any atom is -0.399 e. The van der Waals surface area contributed by atoms with Gasteiger partial charge in [-0.1, -0.05) is 109 Å². The highest BCUT2D eigenvalue weighted by Crippen LogP contribution is 2.28. The summed E-state index contributed by atoms with van der Waals surface area (Å²) in [5.74, 6) is 1.87. The first-order valence-electron chi connectivity index (χ1n) is 12.2. The molecule has 0 amide bonds. The number of nitrogens with two attached hydrogens (primary N) is 1. The van der Waals surface area contributed by atoms with Gasteiger partial charge in [0.25, 0.3) is 0 Å². The molecule has 1 heterocycles. The van der Waals surface area contributed by atoms with E-state index in [1.807, 2.05) is 60.7 Å². The van der Waals surface area contributed by atoms with Gasteiger partial charge < -0.3 is 5.73 Å². The van der Waals surface area contributed by atoms with Crippen LogP contribution in [0, 0.1) is 0 Å². The summed E-state index contributed by atoms with van der Waals surface area (Å²) in [7, 11) is 0. The van der Waals surface area contributed by atoms with Crippen molar-refractivity contribution in [2.45, 2.75) is 0 Å². The van der Waals surface area contributed by atoms with E-state index < -0.39 is 0 Å². The second kappa shape index (κ2) is 9.88. The highest BCUT2D eigenvalue weighted by Gasteiger charge is 2.13. The summed E-state index contributed by atoms with van der Waals surface area (Å²) in [5, 5.41) is 0. The van der Waals surface area contributed by atoms with Crippen molar-refractivity contribution in [1.82, 2.24) is 15.0 Å². The predicted octanol–water partition coefficient (Wildman–Crippen LogP) is 7.79. The van der Waals surface area contributed by atoms with E-state index in [2.05, 4.69) is 72.8 Å². The Kier molecular flexibility index (Phi) is 5.97. The Morgan fingerprint density at radius 3 is 0.919 bits per heavy atom. The fourth-order valence-corrected chi connectivity index (χ4v) is 4.28. The Morgan fingerprint density at radius 2 is 0.568 bits per heavy atom. The van der Waals surface area contributed by atoms with Gasteiger partial charge in [-0.05, 0) is 46.5 Å². The molecule has 0 aliphatic carbocycles. The third-order valence-electron chi connectivity index (χ3n) is 6.30. The zero-order valence-corrected chi connectivity index (χ0v) is 20.1. The van der Waals surface area contributed by atoms with Crippen LogP contribution in [0.25, 0.3) is 56.4 Å². The molecule has 0 spiro atoms. The zero-order chi connectivity index (χ0) is 25.0. The number of benzene rings is 5. The van der Waals surface area contributed by atoms with E-state index in [4.69, 9.17) is 20.7 Å². The standard InChI is InChI=1S/C33H24N4/c34-30-21-19-29(20-22-30)33-36-31(27-15-11-25(12-16-27)23-7-3-1-4-8-23)35-32(37-33)28-17-13-26(14-18-28)24-9-5-2-6-10-24/h1-22H,34H2. The van der Waals surface area contributed by atoms with Crippen molar-refractivity contribution in [3.8, 4) is 56.4 Å². The summed E-state index contributed by atoms with van der Waals surface area (Å²) in [6.07, 6.45) is 0. The first-order chi connectivity index (χ1) is 18.2. The lowest BCUT2D eigenvalue weighted by atomic mass is 10.0. The molecule has 0 aliphatic heterocycles. The summed E-state index contributed by atoms with van der Waals surface area (Å²) in [5.41, 5.74) is 14.0. The minimum atomic E-state index is 0.610. The van der Waals surface area contributed by atoms with E-state index in [-0.39, 0.29) is 0 Å². The van der Waals surface area contributed by atoms with E-state index >= 15 is 0 Å². The molecule has 0 saturated heterocycles. The smallest absolute Gasteiger partial charge is 0.164 e. The number of hydrogen-bond donors (Lipinski definition) is 1. The lowest BCUT2D eigenvalue weighted by Gasteiger charge is -2.10. The summed E-state index contributed by atoms with van der Waals surface area (Å²) in [6.45, 7) is 0. The molecule has 4 nitrogen and oxygen atoms in total. The number of nitrogen functional groups attached to an aromatic ring is 1. The number of anilines is 1. The highest BCUT2D eigenvalue weighted by molar-refractivity contribution is 5.72. The van der Waals surface area contributed by atoms with Crippen LogP contribution in [-0.4, -0.2) is 15.0 Å². The molecule has 0 bridgehead atoms. The van der Waals surface area contributed by atoms with Gasteiger partial charge in [-0.25, -0.2) is 15.0 Å². The summed E-state index contributed by atoms with van der Waals surface area (Å²) in [6, 6.07) is 44.9. The van der Waals surface area contributed by atoms with Crippen LogP contribution in [0.2, 0.25) is 0 Å². The van der Waals surface area contributed by atoms with Gasteiger partial charge >= 0.3 is 0 Å². The lowest BCUT2D eigenvalue weighted by Crippen LogP contribution is -2.00. The van der Waals surface area contributed by atoms with Gasteiger partial charge in [0.2, 0.25) is 0 Å².